The third kappa shape index (κ3) is 3.03. The van der Waals surface area contributed by atoms with Gasteiger partial charge in [0, 0.05) is 29.6 Å². The Balaban J connectivity index is 1.64. The Labute approximate surface area is 151 Å². The Kier molecular flexibility index (Phi) is 4.31. The first-order valence-corrected chi connectivity index (χ1v) is 9.08. The lowest BCUT2D eigenvalue weighted by Gasteiger charge is -2.23. The standard InChI is InChI=1S/C15H16BN3O6S/c20-15(21)13-10(2-1-9-3-4-16(22)25-14(9)13)5-18-6-11-7-19(26(23)24)8-12(11)17-18/h1-2,6,22H,3-5,7-8H2,(H,20,21)(H,23,24)/p-1. The van der Waals surface area contributed by atoms with Crippen LogP contribution in [0.4, 0.5) is 0 Å². The lowest BCUT2D eigenvalue weighted by atomic mass is 9.78. The molecule has 3 heterocycles. The fourth-order valence-electron chi connectivity index (χ4n) is 3.38. The summed E-state index contributed by atoms with van der Waals surface area (Å²) in [5, 5.41) is 23.7. The molecular weight excluding hydrogens is 361 g/mol. The second-order valence-corrected chi connectivity index (χ2v) is 7.27. The van der Waals surface area contributed by atoms with Crippen LogP contribution in [-0.2, 0) is 37.3 Å². The first kappa shape index (κ1) is 17.2. The molecule has 0 fully saturated rings. The number of fused-ring (bicyclic) bond motifs is 2. The van der Waals surface area contributed by atoms with Crippen LogP contribution in [0.2, 0.25) is 6.32 Å². The summed E-state index contributed by atoms with van der Waals surface area (Å²) in [5.74, 6) is -0.917. The molecule has 0 amide bonds. The molecule has 136 valence electrons. The number of hydrogen-bond donors (Lipinski definition) is 2. The number of rotatable bonds is 4. The fourth-order valence-corrected chi connectivity index (χ4v) is 3.85. The summed E-state index contributed by atoms with van der Waals surface area (Å²) < 4.78 is 30.3. The zero-order chi connectivity index (χ0) is 18.4. The van der Waals surface area contributed by atoms with Gasteiger partial charge in [-0.1, -0.05) is 12.1 Å². The van der Waals surface area contributed by atoms with Gasteiger partial charge in [-0.05, 0) is 23.9 Å². The van der Waals surface area contributed by atoms with Crippen molar-refractivity contribution in [3.63, 3.8) is 0 Å². The topological polar surface area (TPSA) is 128 Å². The number of carboxylic acid groups (broad SMARTS) is 1. The van der Waals surface area contributed by atoms with Gasteiger partial charge in [-0.15, -0.1) is 0 Å². The van der Waals surface area contributed by atoms with Gasteiger partial charge in [-0.3, -0.25) is 8.89 Å². The quantitative estimate of drug-likeness (QED) is 0.574. The number of benzene rings is 1. The van der Waals surface area contributed by atoms with Crippen LogP contribution in [0.15, 0.2) is 18.3 Å². The minimum Gasteiger partial charge on any atom is -0.760 e. The van der Waals surface area contributed by atoms with Crippen molar-refractivity contribution in [3.05, 3.63) is 46.3 Å². The van der Waals surface area contributed by atoms with Gasteiger partial charge in [0.2, 0.25) is 0 Å². The Morgan fingerprint density at radius 3 is 2.88 bits per heavy atom. The van der Waals surface area contributed by atoms with Crippen LogP contribution >= 0.6 is 0 Å². The van der Waals surface area contributed by atoms with Crippen molar-refractivity contribution in [2.75, 3.05) is 0 Å². The van der Waals surface area contributed by atoms with E-state index in [0.29, 0.717) is 24.0 Å². The first-order chi connectivity index (χ1) is 12.4. The van der Waals surface area contributed by atoms with Gasteiger partial charge in [0.15, 0.2) is 0 Å². The van der Waals surface area contributed by atoms with E-state index in [9.17, 15) is 23.7 Å². The number of carbonyl (C=O) groups is 1. The lowest BCUT2D eigenvalue weighted by Crippen LogP contribution is -2.28. The summed E-state index contributed by atoms with van der Waals surface area (Å²) >= 11 is -2.29. The van der Waals surface area contributed by atoms with E-state index in [0.717, 1.165) is 11.1 Å². The molecule has 0 bridgehead atoms. The molecule has 2 aliphatic heterocycles. The van der Waals surface area contributed by atoms with Crippen LogP contribution in [0, 0.1) is 0 Å². The molecule has 0 spiro atoms. The zero-order valence-corrected chi connectivity index (χ0v) is 14.4. The molecule has 1 atom stereocenters. The van der Waals surface area contributed by atoms with Crippen molar-refractivity contribution in [3.8, 4) is 5.75 Å². The van der Waals surface area contributed by atoms with E-state index in [4.69, 9.17) is 4.65 Å². The molecule has 0 aliphatic carbocycles. The van der Waals surface area contributed by atoms with Crippen molar-refractivity contribution in [1.82, 2.24) is 14.1 Å². The van der Waals surface area contributed by atoms with Crippen molar-refractivity contribution < 1.29 is 28.3 Å². The number of aromatic nitrogens is 2. The van der Waals surface area contributed by atoms with E-state index in [1.807, 2.05) is 6.07 Å². The predicted octanol–water partition coefficient (Wildman–Crippen LogP) is 0.155. The van der Waals surface area contributed by atoms with Crippen LogP contribution in [0.1, 0.15) is 32.7 Å². The highest BCUT2D eigenvalue weighted by molar-refractivity contribution is 7.76. The van der Waals surface area contributed by atoms with E-state index in [1.54, 1.807) is 16.9 Å². The Bertz CT molecular complexity index is 894. The van der Waals surface area contributed by atoms with Gasteiger partial charge in [-0.2, -0.15) is 5.10 Å². The molecule has 11 heteroatoms. The summed E-state index contributed by atoms with van der Waals surface area (Å²) in [7, 11) is -1.01. The summed E-state index contributed by atoms with van der Waals surface area (Å²) in [4.78, 5) is 11.8. The predicted molar refractivity (Wildman–Crippen MR) is 90.0 cm³/mol. The average Bonchev–Trinajstić information content (AvgIpc) is 3.12. The van der Waals surface area contributed by atoms with Crippen LogP contribution in [0.3, 0.4) is 0 Å². The number of aromatic carboxylic acids is 1. The Morgan fingerprint density at radius 2 is 2.19 bits per heavy atom. The Hall–Kier alpha value is -2.21. The van der Waals surface area contributed by atoms with Crippen molar-refractivity contribution >= 4 is 24.4 Å². The zero-order valence-electron chi connectivity index (χ0n) is 13.6. The summed E-state index contributed by atoms with van der Waals surface area (Å²) in [6.45, 7) is 0.683. The highest BCUT2D eigenvalue weighted by atomic mass is 32.2. The summed E-state index contributed by atoms with van der Waals surface area (Å²) in [6, 6.07) is 3.54. The van der Waals surface area contributed by atoms with Crippen LogP contribution in [0.25, 0.3) is 0 Å². The normalized spacial score (nSPS) is 17.5. The molecule has 4 rings (SSSR count). The van der Waals surface area contributed by atoms with Gasteiger partial charge < -0.3 is 19.3 Å². The number of hydrogen-bond acceptors (Lipinski definition) is 6. The molecule has 0 saturated heterocycles. The molecule has 1 aromatic heterocycles. The second-order valence-electron chi connectivity index (χ2n) is 6.32. The number of aryl methyl sites for hydroxylation is 1. The maximum absolute atomic E-state index is 11.8. The van der Waals surface area contributed by atoms with Gasteiger partial charge in [-0.25, -0.2) is 9.10 Å². The maximum Gasteiger partial charge on any atom is 0.522 e. The molecule has 2 N–H and O–H groups in total. The van der Waals surface area contributed by atoms with Crippen LogP contribution < -0.4 is 4.65 Å². The van der Waals surface area contributed by atoms with E-state index in [1.165, 1.54) is 4.31 Å². The van der Waals surface area contributed by atoms with E-state index >= 15 is 0 Å². The molecule has 9 nitrogen and oxygen atoms in total. The number of carboxylic acids is 1. The fraction of sp³-hybridized carbons (Fsp3) is 0.333. The van der Waals surface area contributed by atoms with Crippen molar-refractivity contribution in [2.45, 2.75) is 32.4 Å². The largest absolute Gasteiger partial charge is 0.760 e. The van der Waals surface area contributed by atoms with Gasteiger partial charge in [0.25, 0.3) is 0 Å². The molecule has 0 saturated carbocycles. The van der Waals surface area contributed by atoms with Crippen molar-refractivity contribution in [1.29, 1.82) is 0 Å². The monoisotopic (exact) mass is 376 g/mol. The smallest absolute Gasteiger partial charge is 0.522 e. The van der Waals surface area contributed by atoms with E-state index in [2.05, 4.69) is 5.10 Å². The molecule has 26 heavy (non-hydrogen) atoms. The SMILES string of the molecule is O=C(O)c1c(Cn2cc3c(n2)CN(S(=O)[O-])C3)ccc2c1OB(O)CC2. The molecule has 2 aromatic rings. The lowest BCUT2D eigenvalue weighted by molar-refractivity contribution is 0.0693. The molecule has 0 radical (unpaired) electrons. The highest BCUT2D eigenvalue weighted by Gasteiger charge is 2.30. The third-order valence-electron chi connectivity index (χ3n) is 4.59. The van der Waals surface area contributed by atoms with Crippen LogP contribution in [-0.4, -0.2) is 46.1 Å². The minimum atomic E-state index is -2.29. The molecule has 2 aliphatic rings. The first-order valence-electron chi connectivity index (χ1n) is 8.04. The van der Waals surface area contributed by atoms with Gasteiger partial charge >= 0.3 is 13.1 Å². The summed E-state index contributed by atoms with van der Waals surface area (Å²) in [6.07, 6.45) is 2.70. The Morgan fingerprint density at radius 1 is 1.38 bits per heavy atom. The summed E-state index contributed by atoms with van der Waals surface area (Å²) in [5.41, 5.74) is 2.76. The van der Waals surface area contributed by atoms with Crippen molar-refractivity contribution in [2.24, 2.45) is 0 Å². The average molecular weight is 376 g/mol. The highest BCUT2D eigenvalue weighted by Crippen LogP contribution is 2.33. The maximum atomic E-state index is 11.8. The van der Waals surface area contributed by atoms with Gasteiger partial charge in [0.1, 0.15) is 11.3 Å². The van der Waals surface area contributed by atoms with Crippen LogP contribution in [0.5, 0.6) is 5.75 Å². The minimum absolute atomic E-state index is 0.0270. The van der Waals surface area contributed by atoms with E-state index in [-0.39, 0.29) is 30.9 Å². The van der Waals surface area contributed by atoms with E-state index < -0.39 is 24.4 Å². The third-order valence-corrected chi connectivity index (χ3v) is 5.27. The number of nitrogens with zero attached hydrogens (tertiary/aromatic N) is 3. The van der Waals surface area contributed by atoms with Gasteiger partial charge in [0.05, 0.1) is 18.8 Å². The second kappa shape index (κ2) is 6.51. The molecular formula is C15H15BN3O6S-. The molecule has 1 aromatic carbocycles. The molecule has 1 unspecified atom stereocenters.